The first-order chi connectivity index (χ1) is 14.2. The average Bonchev–Trinajstić information content (AvgIpc) is 3.36. The first kappa shape index (κ1) is 17.9. The second-order valence-electron chi connectivity index (χ2n) is 7.84. The molecule has 1 aliphatic heterocycles. The van der Waals surface area contributed by atoms with Crippen LogP contribution in [-0.4, -0.2) is 28.7 Å². The summed E-state index contributed by atoms with van der Waals surface area (Å²) in [6.07, 6.45) is 6.45. The third kappa shape index (κ3) is 3.50. The number of fused-ring (bicyclic) bond motifs is 2. The van der Waals surface area contributed by atoms with Crippen LogP contribution in [0.5, 0.6) is 5.75 Å². The number of benzene rings is 1. The molecule has 1 N–H and O–H groups in total. The maximum absolute atomic E-state index is 12.6. The molecule has 2 aliphatic rings. The number of rotatable bonds is 4. The molecule has 1 aliphatic carbocycles. The molecule has 1 amide bonds. The Hall–Kier alpha value is -3.15. The first-order valence-electron chi connectivity index (χ1n) is 10.2. The lowest BCUT2D eigenvalue weighted by molar-refractivity contribution is 0.0923. The number of amides is 1. The molecule has 1 aromatic carbocycles. The molecule has 0 spiro atoms. The summed E-state index contributed by atoms with van der Waals surface area (Å²) in [5.41, 5.74) is 5.71. The standard InChI is InChI=1S/C23H23N3O3/c1-14-6-8-19(24-12-14)15-7-9-20-16(10-15)11-17(28-20)13-25-23(27)22-18-4-2-3-5-21(18)29-26-22/h6-10,12,17H,2-5,11,13H2,1H3,(H,25,27). The first-order valence-corrected chi connectivity index (χ1v) is 10.2. The van der Waals surface area contributed by atoms with Crippen LogP contribution < -0.4 is 10.1 Å². The van der Waals surface area contributed by atoms with Gasteiger partial charge in [-0.2, -0.15) is 0 Å². The van der Waals surface area contributed by atoms with E-state index in [2.05, 4.69) is 27.6 Å². The van der Waals surface area contributed by atoms with Gasteiger partial charge in [0, 0.05) is 30.2 Å². The van der Waals surface area contributed by atoms with Crippen LogP contribution in [0.15, 0.2) is 41.1 Å². The van der Waals surface area contributed by atoms with E-state index in [1.54, 1.807) is 0 Å². The molecular formula is C23H23N3O3. The Bertz CT molecular complexity index is 1060. The van der Waals surface area contributed by atoms with E-state index in [0.717, 1.165) is 71.6 Å². The van der Waals surface area contributed by atoms with Crippen molar-refractivity contribution < 1.29 is 14.1 Å². The van der Waals surface area contributed by atoms with Gasteiger partial charge in [-0.1, -0.05) is 11.2 Å². The number of aromatic nitrogens is 2. The molecule has 0 bridgehead atoms. The third-order valence-electron chi connectivity index (χ3n) is 5.66. The van der Waals surface area contributed by atoms with Gasteiger partial charge in [-0.3, -0.25) is 9.78 Å². The topological polar surface area (TPSA) is 77.2 Å². The summed E-state index contributed by atoms with van der Waals surface area (Å²) in [6.45, 7) is 2.47. The van der Waals surface area contributed by atoms with Crippen molar-refractivity contribution in [2.24, 2.45) is 0 Å². The molecule has 3 aromatic rings. The van der Waals surface area contributed by atoms with Crippen molar-refractivity contribution in [2.75, 3.05) is 6.54 Å². The highest BCUT2D eigenvalue weighted by molar-refractivity contribution is 5.93. The van der Waals surface area contributed by atoms with Gasteiger partial charge < -0.3 is 14.6 Å². The summed E-state index contributed by atoms with van der Waals surface area (Å²) in [6, 6.07) is 10.2. The molecule has 5 rings (SSSR count). The highest BCUT2D eigenvalue weighted by atomic mass is 16.5. The summed E-state index contributed by atoms with van der Waals surface area (Å²) in [5, 5.41) is 6.96. The fourth-order valence-corrected chi connectivity index (χ4v) is 4.09. The fourth-order valence-electron chi connectivity index (χ4n) is 4.09. The number of carbonyl (C=O) groups is 1. The van der Waals surface area contributed by atoms with Gasteiger partial charge in [-0.05, 0) is 61.6 Å². The van der Waals surface area contributed by atoms with Gasteiger partial charge in [0.05, 0.1) is 12.2 Å². The van der Waals surface area contributed by atoms with Crippen molar-refractivity contribution in [1.29, 1.82) is 0 Å². The number of carbonyl (C=O) groups excluding carboxylic acids is 1. The minimum atomic E-state index is -0.180. The molecule has 3 heterocycles. The number of pyridine rings is 1. The van der Waals surface area contributed by atoms with Crippen LogP contribution in [0.4, 0.5) is 0 Å². The molecule has 6 heteroatoms. The van der Waals surface area contributed by atoms with E-state index in [9.17, 15) is 4.79 Å². The van der Waals surface area contributed by atoms with Gasteiger partial charge in [0.15, 0.2) is 5.69 Å². The smallest absolute Gasteiger partial charge is 0.273 e. The van der Waals surface area contributed by atoms with E-state index in [0.29, 0.717) is 12.2 Å². The van der Waals surface area contributed by atoms with Crippen molar-refractivity contribution in [3.63, 3.8) is 0 Å². The second kappa shape index (κ2) is 7.35. The average molecular weight is 389 g/mol. The monoisotopic (exact) mass is 389 g/mol. The van der Waals surface area contributed by atoms with Crippen LogP contribution in [0.25, 0.3) is 11.3 Å². The summed E-state index contributed by atoms with van der Waals surface area (Å²) in [4.78, 5) is 17.1. The lowest BCUT2D eigenvalue weighted by atomic mass is 9.96. The molecule has 1 atom stereocenters. The quantitative estimate of drug-likeness (QED) is 0.737. The van der Waals surface area contributed by atoms with Gasteiger partial charge in [0.1, 0.15) is 17.6 Å². The minimum absolute atomic E-state index is 0.0853. The van der Waals surface area contributed by atoms with Crippen LogP contribution in [-0.2, 0) is 19.3 Å². The maximum Gasteiger partial charge on any atom is 0.273 e. The van der Waals surface area contributed by atoms with Crippen LogP contribution in [0.3, 0.4) is 0 Å². The summed E-state index contributed by atoms with van der Waals surface area (Å²) in [5.74, 6) is 1.56. The molecule has 6 nitrogen and oxygen atoms in total. The Kier molecular flexibility index (Phi) is 4.54. The van der Waals surface area contributed by atoms with Crippen LogP contribution in [0.1, 0.15) is 45.8 Å². The van der Waals surface area contributed by atoms with Gasteiger partial charge in [0.25, 0.3) is 5.91 Å². The number of nitrogens with zero attached hydrogens (tertiary/aromatic N) is 2. The highest BCUT2D eigenvalue weighted by Crippen LogP contribution is 2.32. The van der Waals surface area contributed by atoms with E-state index in [4.69, 9.17) is 9.26 Å². The summed E-state index contributed by atoms with van der Waals surface area (Å²) >= 11 is 0. The van der Waals surface area contributed by atoms with Crippen molar-refractivity contribution in [3.8, 4) is 17.0 Å². The highest BCUT2D eigenvalue weighted by Gasteiger charge is 2.27. The number of hydrogen-bond donors (Lipinski definition) is 1. The van der Waals surface area contributed by atoms with E-state index in [1.807, 2.05) is 31.3 Å². The molecular weight excluding hydrogens is 366 g/mol. The Morgan fingerprint density at radius 1 is 1.21 bits per heavy atom. The minimum Gasteiger partial charge on any atom is -0.488 e. The molecule has 29 heavy (non-hydrogen) atoms. The Balaban J connectivity index is 1.23. The van der Waals surface area contributed by atoms with Gasteiger partial charge >= 0.3 is 0 Å². The van der Waals surface area contributed by atoms with Crippen molar-refractivity contribution in [3.05, 3.63) is 64.7 Å². The molecule has 2 aromatic heterocycles. The Morgan fingerprint density at radius 3 is 2.97 bits per heavy atom. The molecule has 0 radical (unpaired) electrons. The zero-order chi connectivity index (χ0) is 19.8. The number of nitrogens with one attached hydrogen (secondary N) is 1. The molecule has 148 valence electrons. The van der Waals surface area contributed by atoms with Crippen molar-refractivity contribution in [1.82, 2.24) is 15.5 Å². The van der Waals surface area contributed by atoms with E-state index in [1.165, 1.54) is 0 Å². The van der Waals surface area contributed by atoms with Crippen LogP contribution in [0, 0.1) is 6.92 Å². The number of aryl methyl sites for hydroxylation is 2. The third-order valence-corrected chi connectivity index (χ3v) is 5.66. The zero-order valence-electron chi connectivity index (χ0n) is 16.4. The number of hydrogen-bond acceptors (Lipinski definition) is 5. The fraction of sp³-hybridized carbons (Fsp3) is 0.348. The second-order valence-corrected chi connectivity index (χ2v) is 7.84. The molecule has 0 fully saturated rings. The van der Waals surface area contributed by atoms with E-state index < -0.39 is 0 Å². The molecule has 0 saturated carbocycles. The normalized spacial score (nSPS) is 17.3. The van der Waals surface area contributed by atoms with E-state index >= 15 is 0 Å². The molecule has 1 unspecified atom stereocenters. The Morgan fingerprint density at radius 2 is 2.10 bits per heavy atom. The Labute approximate surface area is 169 Å². The number of ether oxygens (including phenoxy) is 1. The zero-order valence-corrected chi connectivity index (χ0v) is 16.4. The lowest BCUT2D eigenvalue weighted by Crippen LogP contribution is -2.35. The summed E-state index contributed by atoms with van der Waals surface area (Å²) < 4.78 is 11.4. The maximum atomic E-state index is 12.6. The van der Waals surface area contributed by atoms with E-state index in [-0.39, 0.29) is 12.0 Å². The lowest BCUT2D eigenvalue weighted by Gasteiger charge is -2.12. The van der Waals surface area contributed by atoms with Gasteiger partial charge in [-0.15, -0.1) is 0 Å². The molecule has 0 saturated heterocycles. The SMILES string of the molecule is Cc1ccc(-c2ccc3c(c2)CC(CNC(=O)c2noc4c2CCCC4)O3)nc1. The van der Waals surface area contributed by atoms with Crippen LogP contribution >= 0.6 is 0 Å². The predicted molar refractivity (Wildman–Crippen MR) is 108 cm³/mol. The van der Waals surface area contributed by atoms with Gasteiger partial charge in [-0.25, -0.2) is 0 Å². The van der Waals surface area contributed by atoms with Crippen molar-refractivity contribution >= 4 is 5.91 Å². The largest absolute Gasteiger partial charge is 0.488 e. The van der Waals surface area contributed by atoms with Gasteiger partial charge in [0.2, 0.25) is 0 Å². The van der Waals surface area contributed by atoms with Crippen molar-refractivity contribution in [2.45, 2.75) is 45.1 Å². The summed E-state index contributed by atoms with van der Waals surface area (Å²) in [7, 11) is 0. The van der Waals surface area contributed by atoms with Crippen LogP contribution in [0.2, 0.25) is 0 Å². The predicted octanol–water partition coefficient (Wildman–Crippen LogP) is 3.66.